The molecule has 2 aromatic rings. The average Bonchev–Trinajstić information content (AvgIpc) is 2.78. The number of benzene rings is 1. The number of nitrogens with zero attached hydrogens (tertiary/aromatic N) is 3. The first kappa shape index (κ1) is 16.2. The van der Waals surface area contributed by atoms with Gasteiger partial charge in [-0.3, -0.25) is 9.69 Å². The fraction of sp³-hybridized carbons (Fsp3) is 0.0625. The molecule has 1 amide bonds. The number of hydrogen-bond acceptors (Lipinski definition) is 4. The lowest BCUT2D eigenvalue weighted by Crippen LogP contribution is -2.23. The van der Waals surface area contributed by atoms with Gasteiger partial charge in [0.1, 0.15) is 5.69 Å². The molecular formula is C16H11BrClN3OS. The topological polar surface area (TPSA) is 45.6 Å². The summed E-state index contributed by atoms with van der Waals surface area (Å²) < 4.78 is 0.965. The predicted molar refractivity (Wildman–Crippen MR) is 98.8 cm³/mol. The molecule has 4 nitrogen and oxygen atoms in total. The van der Waals surface area contributed by atoms with Crippen LogP contribution in [0.4, 0.5) is 5.69 Å². The van der Waals surface area contributed by atoms with Crippen LogP contribution < -0.4 is 0 Å². The van der Waals surface area contributed by atoms with Crippen LogP contribution in [0.2, 0.25) is 5.15 Å². The highest BCUT2D eigenvalue weighted by Gasteiger charge is 2.30. The fourth-order valence-corrected chi connectivity index (χ4v) is 3.52. The lowest BCUT2D eigenvalue weighted by molar-refractivity contribution is -0.121. The Kier molecular flexibility index (Phi) is 4.84. The zero-order valence-electron chi connectivity index (χ0n) is 12.0. The first-order valence-electron chi connectivity index (χ1n) is 6.67. The highest BCUT2D eigenvalue weighted by atomic mass is 79.9. The van der Waals surface area contributed by atoms with Gasteiger partial charge < -0.3 is 0 Å². The Balaban J connectivity index is 1.93. The Morgan fingerprint density at radius 2 is 2.17 bits per heavy atom. The number of likely N-dealkylation sites (N-methyl/N-ethyl adjacent to an activating group) is 1. The smallest absolute Gasteiger partial charge is 0.266 e. The monoisotopic (exact) mass is 407 g/mol. The van der Waals surface area contributed by atoms with Crippen LogP contribution in [-0.2, 0) is 4.79 Å². The number of thioether (sulfide) groups is 1. The van der Waals surface area contributed by atoms with Crippen molar-refractivity contribution >= 4 is 62.1 Å². The molecule has 0 radical (unpaired) electrons. The maximum Gasteiger partial charge on any atom is 0.266 e. The summed E-state index contributed by atoms with van der Waals surface area (Å²) in [4.78, 5) is 22.9. The van der Waals surface area contributed by atoms with Crippen molar-refractivity contribution in [3.05, 3.63) is 62.7 Å². The van der Waals surface area contributed by atoms with Crippen molar-refractivity contribution in [1.29, 1.82) is 0 Å². The molecule has 0 bridgehead atoms. The predicted octanol–water partition coefficient (Wildman–Crippen LogP) is 4.73. The van der Waals surface area contributed by atoms with E-state index in [0.29, 0.717) is 20.9 Å². The normalized spacial score (nSPS) is 18.2. The van der Waals surface area contributed by atoms with Crippen LogP contribution in [0.25, 0.3) is 6.08 Å². The van der Waals surface area contributed by atoms with E-state index < -0.39 is 0 Å². The van der Waals surface area contributed by atoms with Gasteiger partial charge in [0, 0.05) is 17.7 Å². The average molecular weight is 409 g/mol. The second-order valence-electron chi connectivity index (χ2n) is 4.74. The van der Waals surface area contributed by atoms with Crippen LogP contribution in [-0.4, -0.2) is 28.0 Å². The third-order valence-corrected chi connectivity index (χ3v) is 4.95. The summed E-state index contributed by atoms with van der Waals surface area (Å²) in [7, 11) is 1.69. The first-order valence-corrected chi connectivity index (χ1v) is 8.66. The number of carbonyl (C=O) groups excluding carboxylic acids is 1. The number of amides is 1. The Morgan fingerprint density at radius 1 is 1.35 bits per heavy atom. The number of aromatic nitrogens is 1. The van der Waals surface area contributed by atoms with E-state index in [0.717, 1.165) is 10.0 Å². The number of pyridine rings is 1. The SMILES string of the molecule is CN1C(=O)/C(=C/c2cccc(Br)c2)SC1=Nc1cccnc1Cl. The molecule has 0 saturated carbocycles. The van der Waals surface area contributed by atoms with Crippen LogP contribution in [0.15, 0.2) is 57.0 Å². The van der Waals surface area contributed by atoms with Gasteiger partial charge in [0.2, 0.25) is 0 Å². The molecule has 23 heavy (non-hydrogen) atoms. The van der Waals surface area contributed by atoms with Gasteiger partial charge in [0.05, 0.1) is 4.91 Å². The van der Waals surface area contributed by atoms with E-state index in [1.54, 1.807) is 25.4 Å². The van der Waals surface area contributed by atoms with Crippen LogP contribution in [0.3, 0.4) is 0 Å². The third kappa shape index (κ3) is 3.65. The maximum atomic E-state index is 12.4. The molecule has 3 rings (SSSR count). The van der Waals surface area contributed by atoms with Crippen molar-refractivity contribution in [2.45, 2.75) is 0 Å². The zero-order chi connectivity index (χ0) is 16.4. The number of rotatable bonds is 2. The maximum absolute atomic E-state index is 12.4. The van der Waals surface area contributed by atoms with Crippen molar-refractivity contribution in [2.24, 2.45) is 4.99 Å². The summed E-state index contributed by atoms with van der Waals surface area (Å²) in [6.07, 6.45) is 3.45. The van der Waals surface area contributed by atoms with E-state index in [4.69, 9.17) is 11.6 Å². The fourth-order valence-electron chi connectivity index (χ4n) is 1.96. The van der Waals surface area contributed by atoms with E-state index in [1.165, 1.54) is 16.7 Å². The van der Waals surface area contributed by atoms with Gasteiger partial charge in [0.15, 0.2) is 10.3 Å². The number of halogens is 2. The molecule has 0 N–H and O–H groups in total. The molecule has 1 aliphatic heterocycles. The molecular weight excluding hydrogens is 398 g/mol. The molecule has 1 saturated heterocycles. The molecule has 1 aliphatic rings. The molecule has 116 valence electrons. The van der Waals surface area contributed by atoms with Crippen LogP contribution in [0.5, 0.6) is 0 Å². The Hall–Kier alpha value is -1.63. The molecule has 7 heteroatoms. The largest absolute Gasteiger partial charge is 0.290 e. The molecule has 0 atom stereocenters. The zero-order valence-corrected chi connectivity index (χ0v) is 15.2. The molecule has 0 unspecified atom stereocenters. The summed E-state index contributed by atoms with van der Waals surface area (Å²) >= 11 is 10.8. The van der Waals surface area contributed by atoms with Crippen molar-refractivity contribution < 1.29 is 4.79 Å². The lowest BCUT2D eigenvalue weighted by atomic mass is 10.2. The first-order chi connectivity index (χ1) is 11.0. The summed E-state index contributed by atoms with van der Waals surface area (Å²) in [6, 6.07) is 11.3. The van der Waals surface area contributed by atoms with Gasteiger partial charge in [-0.25, -0.2) is 9.98 Å². The second-order valence-corrected chi connectivity index (χ2v) is 7.02. The Labute approximate surface area is 151 Å². The van der Waals surface area contributed by atoms with Gasteiger partial charge in [-0.15, -0.1) is 0 Å². The van der Waals surface area contributed by atoms with Crippen molar-refractivity contribution in [3.8, 4) is 0 Å². The van der Waals surface area contributed by atoms with Crippen LogP contribution >= 0.6 is 39.3 Å². The number of aliphatic imine (C=N–C) groups is 1. The molecule has 1 fully saturated rings. The third-order valence-electron chi connectivity index (χ3n) is 3.11. The minimum atomic E-state index is -0.0891. The molecule has 1 aromatic carbocycles. The molecule has 2 heterocycles. The summed E-state index contributed by atoms with van der Waals surface area (Å²) in [5.74, 6) is -0.0891. The van der Waals surface area contributed by atoms with Gasteiger partial charge >= 0.3 is 0 Å². The molecule has 1 aromatic heterocycles. The van der Waals surface area contributed by atoms with E-state index >= 15 is 0 Å². The molecule has 0 spiro atoms. The van der Waals surface area contributed by atoms with Gasteiger partial charge in [0.25, 0.3) is 5.91 Å². The van der Waals surface area contributed by atoms with E-state index in [2.05, 4.69) is 25.9 Å². The van der Waals surface area contributed by atoms with Crippen molar-refractivity contribution in [2.75, 3.05) is 7.05 Å². The van der Waals surface area contributed by atoms with Gasteiger partial charge in [-0.1, -0.05) is 39.7 Å². The number of amidine groups is 1. The second kappa shape index (κ2) is 6.86. The van der Waals surface area contributed by atoms with E-state index in [-0.39, 0.29) is 5.91 Å². The minimum absolute atomic E-state index is 0.0891. The molecule has 0 aliphatic carbocycles. The Morgan fingerprint density at radius 3 is 2.91 bits per heavy atom. The highest BCUT2D eigenvalue weighted by molar-refractivity contribution is 9.10. The highest BCUT2D eigenvalue weighted by Crippen LogP contribution is 2.34. The summed E-state index contributed by atoms with van der Waals surface area (Å²) in [6.45, 7) is 0. The van der Waals surface area contributed by atoms with Crippen LogP contribution in [0.1, 0.15) is 5.56 Å². The summed E-state index contributed by atoms with van der Waals surface area (Å²) in [5, 5.41) is 0.886. The van der Waals surface area contributed by atoms with Crippen LogP contribution in [0, 0.1) is 0 Å². The standard InChI is InChI=1S/C16H11BrClN3OS/c1-21-15(22)13(9-10-4-2-5-11(17)8-10)23-16(21)20-12-6-3-7-19-14(12)18/h2-9H,1H3/b13-9-,20-16?. The number of carbonyl (C=O) groups is 1. The summed E-state index contributed by atoms with van der Waals surface area (Å²) in [5.41, 5.74) is 1.49. The van der Waals surface area contributed by atoms with E-state index in [9.17, 15) is 4.79 Å². The van der Waals surface area contributed by atoms with Gasteiger partial charge in [-0.2, -0.15) is 0 Å². The number of hydrogen-bond donors (Lipinski definition) is 0. The van der Waals surface area contributed by atoms with E-state index in [1.807, 2.05) is 30.3 Å². The van der Waals surface area contributed by atoms with Crippen molar-refractivity contribution in [3.63, 3.8) is 0 Å². The van der Waals surface area contributed by atoms with Crippen molar-refractivity contribution in [1.82, 2.24) is 9.88 Å². The van der Waals surface area contributed by atoms with Gasteiger partial charge in [-0.05, 0) is 47.7 Å². The Bertz CT molecular complexity index is 838. The quantitative estimate of drug-likeness (QED) is 0.533. The lowest BCUT2D eigenvalue weighted by Gasteiger charge is -2.07. The minimum Gasteiger partial charge on any atom is -0.290 e.